The lowest BCUT2D eigenvalue weighted by Gasteiger charge is -2.36. The van der Waals surface area contributed by atoms with Crippen LogP contribution in [0.5, 0.6) is 0 Å². The van der Waals surface area contributed by atoms with E-state index in [-0.39, 0.29) is 11.9 Å². The van der Waals surface area contributed by atoms with Gasteiger partial charge in [-0.15, -0.1) is 12.3 Å². The number of terminal acetylenes is 1. The molecule has 0 aromatic rings. The van der Waals surface area contributed by atoms with Crippen LogP contribution in [0.3, 0.4) is 0 Å². The van der Waals surface area contributed by atoms with Gasteiger partial charge < -0.3 is 10.6 Å². The van der Waals surface area contributed by atoms with E-state index in [9.17, 15) is 4.79 Å². The van der Waals surface area contributed by atoms with Crippen molar-refractivity contribution in [3.05, 3.63) is 0 Å². The number of piperidine rings is 1. The first-order valence-corrected chi connectivity index (χ1v) is 5.65. The van der Waals surface area contributed by atoms with Crippen LogP contribution in [-0.4, -0.2) is 29.9 Å². The van der Waals surface area contributed by atoms with Gasteiger partial charge in [0.1, 0.15) is 0 Å². The van der Waals surface area contributed by atoms with E-state index >= 15 is 0 Å². The molecule has 2 unspecified atom stereocenters. The van der Waals surface area contributed by atoms with E-state index in [0.717, 1.165) is 25.9 Å². The van der Waals surface area contributed by atoms with Gasteiger partial charge in [0, 0.05) is 32.0 Å². The summed E-state index contributed by atoms with van der Waals surface area (Å²) in [6.45, 7) is 3.72. The highest BCUT2D eigenvalue weighted by Crippen LogP contribution is 2.19. The average Bonchev–Trinajstić information content (AvgIpc) is 2.26. The molecule has 0 aromatic heterocycles. The summed E-state index contributed by atoms with van der Waals surface area (Å²) in [6, 6.07) is 0.256. The second-order valence-corrected chi connectivity index (χ2v) is 4.16. The fourth-order valence-electron chi connectivity index (χ4n) is 2.05. The van der Waals surface area contributed by atoms with Crippen LogP contribution >= 0.6 is 0 Å². The van der Waals surface area contributed by atoms with Gasteiger partial charge in [0.25, 0.3) is 0 Å². The summed E-state index contributed by atoms with van der Waals surface area (Å²) in [5.74, 6) is 3.13. The predicted molar refractivity (Wildman–Crippen MR) is 61.0 cm³/mol. The number of carbonyl (C=O) groups excluding carboxylic acids is 1. The molecule has 0 aromatic carbocycles. The number of hydrogen-bond donors (Lipinski definition) is 1. The van der Waals surface area contributed by atoms with E-state index in [4.69, 9.17) is 12.2 Å². The SMILES string of the molecule is C#CCCC(=O)N1CCC(N)C(CC)C1. The molecule has 2 N–H and O–H groups in total. The van der Waals surface area contributed by atoms with Crippen molar-refractivity contribution < 1.29 is 4.79 Å². The van der Waals surface area contributed by atoms with Crippen molar-refractivity contribution in [2.45, 2.75) is 38.6 Å². The summed E-state index contributed by atoms with van der Waals surface area (Å²) >= 11 is 0. The highest BCUT2D eigenvalue weighted by atomic mass is 16.2. The second-order valence-electron chi connectivity index (χ2n) is 4.16. The normalized spacial score (nSPS) is 26.1. The summed E-state index contributed by atoms with van der Waals surface area (Å²) in [7, 11) is 0. The maximum atomic E-state index is 11.7. The minimum Gasteiger partial charge on any atom is -0.342 e. The third-order valence-corrected chi connectivity index (χ3v) is 3.15. The fraction of sp³-hybridized carbons (Fsp3) is 0.750. The van der Waals surface area contributed by atoms with Crippen LogP contribution in [-0.2, 0) is 4.79 Å². The van der Waals surface area contributed by atoms with E-state index in [1.165, 1.54) is 0 Å². The fourth-order valence-corrected chi connectivity index (χ4v) is 2.05. The van der Waals surface area contributed by atoms with Crippen molar-refractivity contribution in [3.8, 4) is 12.3 Å². The molecule has 1 aliphatic heterocycles. The molecule has 3 heteroatoms. The Morgan fingerprint density at radius 3 is 3.00 bits per heavy atom. The highest BCUT2D eigenvalue weighted by molar-refractivity contribution is 5.76. The maximum Gasteiger partial charge on any atom is 0.223 e. The van der Waals surface area contributed by atoms with Crippen molar-refractivity contribution in [3.63, 3.8) is 0 Å². The zero-order chi connectivity index (χ0) is 11.3. The summed E-state index contributed by atoms with van der Waals surface area (Å²) in [6.07, 6.45) is 8.11. The minimum absolute atomic E-state index is 0.179. The maximum absolute atomic E-state index is 11.7. The summed E-state index contributed by atoms with van der Waals surface area (Å²) in [4.78, 5) is 13.6. The number of rotatable bonds is 3. The molecule has 3 nitrogen and oxygen atoms in total. The van der Waals surface area contributed by atoms with Gasteiger partial charge in [0.2, 0.25) is 5.91 Å². The smallest absolute Gasteiger partial charge is 0.223 e. The molecule has 84 valence electrons. The van der Waals surface area contributed by atoms with Crippen LogP contribution in [0.2, 0.25) is 0 Å². The Morgan fingerprint density at radius 2 is 2.40 bits per heavy atom. The van der Waals surface area contributed by atoms with Crippen molar-refractivity contribution >= 4 is 5.91 Å². The molecule has 1 amide bonds. The first kappa shape index (κ1) is 12.1. The minimum atomic E-state index is 0.179. The molecule has 2 atom stereocenters. The Morgan fingerprint density at radius 1 is 1.67 bits per heavy atom. The lowest BCUT2D eigenvalue weighted by atomic mass is 9.90. The Balaban J connectivity index is 2.44. The molecule has 0 aliphatic carbocycles. The number of likely N-dealkylation sites (tertiary alicyclic amines) is 1. The molecule has 1 rings (SSSR count). The van der Waals surface area contributed by atoms with Gasteiger partial charge in [-0.2, -0.15) is 0 Å². The summed E-state index contributed by atoms with van der Waals surface area (Å²) in [5, 5.41) is 0. The van der Waals surface area contributed by atoms with Crippen LogP contribution in [0, 0.1) is 18.3 Å². The Bertz CT molecular complexity index is 257. The van der Waals surface area contributed by atoms with Gasteiger partial charge >= 0.3 is 0 Å². The van der Waals surface area contributed by atoms with Crippen LogP contribution in [0.4, 0.5) is 0 Å². The standard InChI is InChI=1S/C12H20N2O/c1-3-5-6-12(15)14-8-7-11(13)10(4-2)9-14/h1,10-11H,4-9,13H2,2H3. The third-order valence-electron chi connectivity index (χ3n) is 3.15. The van der Waals surface area contributed by atoms with Gasteiger partial charge in [-0.1, -0.05) is 13.3 Å². The third kappa shape index (κ3) is 3.24. The molecule has 0 radical (unpaired) electrons. The zero-order valence-corrected chi connectivity index (χ0v) is 9.41. The average molecular weight is 208 g/mol. The van der Waals surface area contributed by atoms with Crippen LogP contribution in [0.1, 0.15) is 32.6 Å². The van der Waals surface area contributed by atoms with E-state index < -0.39 is 0 Å². The molecule has 1 saturated heterocycles. The number of carbonyl (C=O) groups is 1. The van der Waals surface area contributed by atoms with Crippen LogP contribution < -0.4 is 5.73 Å². The molecule has 0 spiro atoms. The largest absolute Gasteiger partial charge is 0.342 e. The van der Waals surface area contributed by atoms with E-state index in [2.05, 4.69) is 12.8 Å². The molecule has 0 bridgehead atoms. The van der Waals surface area contributed by atoms with E-state index in [1.54, 1.807) is 0 Å². The number of nitrogens with zero attached hydrogens (tertiary/aromatic N) is 1. The zero-order valence-electron chi connectivity index (χ0n) is 9.41. The first-order valence-electron chi connectivity index (χ1n) is 5.65. The Labute approximate surface area is 92.0 Å². The molecule has 0 saturated carbocycles. The Hall–Kier alpha value is -1.01. The lowest BCUT2D eigenvalue weighted by Crippen LogP contribution is -2.48. The molecule has 1 aliphatic rings. The predicted octanol–water partition coefficient (Wildman–Crippen LogP) is 0.986. The topological polar surface area (TPSA) is 46.3 Å². The Kier molecular flexibility index (Phi) is 4.64. The van der Waals surface area contributed by atoms with Crippen LogP contribution in [0.15, 0.2) is 0 Å². The van der Waals surface area contributed by atoms with Crippen molar-refractivity contribution in [2.75, 3.05) is 13.1 Å². The number of amides is 1. The van der Waals surface area contributed by atoms with Crippen molar-refractivity contribution in [1.82, 2.24) is 4.90 Å². The van der Waals surface area contributed by atoms with Crippen LogP contribution in [0.25, 0.3) is 0 Å². The number of hydrogen-bond acceptors (Lipinski definition) is 2. The second kappa shape index (κ2) is 5.77. The van der Waals surface area contributed by atoms with Gasteiger partial charge in [0.05, 0.1) is 0 Å². The van der Waals surface area contributed by atoms with Crippen molar-refractivity contribution in [2.24, 2.45) is 11.7 Å². The molecular formula is C12H20N2O. The van der Waals surface area contributed by atoms with Gasteiger partial charge in [-0.3, -0.25) is 4.79 Å². The number of nitrogens with two attached hydrogens (primary N) is 1. The quantitative estimate of drug-likeness (QED) is 0.703. The van der Waals surface area contributed by atoms with Crippen molar-refractivity contribution in [1.29, 1.82) is 0 Å². The molecule has 15 heavy (non-hydrogen) atoms. The van der Waals surface area contributed by atoms with Gasteiger partial charge in [0.15, 0.2) is 0 Å². The van der Waals surface area contributed by atoms with Gasteiger partial charge in [-0.25, -0.2) is 0 Å². The highest BCUT2D eigenvalue weighted by Gasteiger charge is 2.27. The molecular weight excluding hydrogens is 188 g/mol. The summed E-state index contributed by atoms with van der Waals surface area (Å²) < 4.78 is 0. The molecule has 1 heterocycles. The lowest BCUT2D eigenvalue weighted by molar-refractivity contribution is -0.133. The monoisotopic (exact) mass is 208 g/mol. The first-order chi connectivity index (χ1) is 7.19. The van der Waals surface area contributed by atoms with E-state index in [0.29, 0.717) is 18.8 Å². The van der Waals surface area contributed by atoms with E-state index in [1.807, 2.05) is 4.90 Å². The van der Waals surface area contributed by atoms with Gasteiger partial charge in [-0.05, 0) is 12.3 Å². The molecule has 1 fully saturated rings. The summed E-state index contributed by atoms with van der Waals surface area (Å²) in [5.41, 5.74) is 5.98.